The van der Waals surface area contributed by atoms with Gasteiger partial charge in [0.05, 0.1) is 12.1 Å². The summed E-state index contributed by atoms with van der Waals surface area (Å²) in [6.45, 7) is 2.06. The van der Waals surface area contributed by atoms with Crippen LogP contribution in [0.4, 0.5) is 13.2 Å². The highest BCUT2D eigenvalue weighted by molar-refractivity contribution is 6.31. The van der Waals surface area contributed by atoms with Gasteiger partial charge in [0.1, 0.15) is 18.2 Å². The van der Waals surface area contributed by atoms with Crippen molar-refractivity contribution in [2.75, 3.05) is 13.2 Å². The molecule has 0 saturated carbocycles. The summed E-state index contributed by atoms with van der Waals surface area (Å²) in [7, 11) is 1.93. The minimum Gasteiger partial charge on any atom is -0.492 e. The summed E-state index contributed by atoms with van der Waals surface area (Å²) in [6, 6.07) is 12.3. The molecule has 3 rings (SSSR count). The zero-order valence-corrected chi connectivity index (χ0v) is 16.6. The highest BCUT2D eigenvalue weighted by Crippen LogP contribution is 2.30. The maximum atomic E-state index is 12.7. The molecule has 0 amide bonds. The van der Waals surface area contributed by atoms with Gasteiger partial charge < -0.3 is 9.30 Å². The van der Waals surface area contributed by atoms with E-state index < -0.39 is 11.7 Å². The first-order valence-electron chi connectivity index (χ1n) is 9.05. The standard InChI is InChI=1S/C21H21ClF3N3O/c1-27-11-10-26-20(27)15-28(14-16-4-2-3-5-19(16)22)12-13-29-18-8-6-17(7-9-18)21(23,24)25/h2-11H,12-15H2,1H3. The summed E-state index contributed by atoms with van der Waals surface area (Å²) < 4.78 is 45.6. The molecule has 2 aromatic carbocycles. The molecule has 29 heavy (non-hydrogen) atoms. The summed E-state index contributed by atoms with van der Waals surface area (Å²) >= 11 is 6.29. The lowest BCUT2D eigenvalue weighted by Gasteiger charge is -2.23. The third-order valence-corrected chi connectivity index (χ3v) is 4.86. The van der Waals surface area contributed by atoms with E-state index in [-0.39, 0.29) is 0 Å². The van der Waals surface area contributed by atoms with Crippen LogP contribution in [0, 0.1) is 0 Å². The van der Waals surface area contributed by atoms with Gasteiger partial charge in [-0.1, -0.05) is 29.8 Å². The second-order valence-corrected chi connectivity index (χ2v) is 7.03. The maximum absolute atomic E-state index is 12.7. The summed E-state index contributed by atoms with van der Waals surface area (Å²) in [5.74, 6) is 1.29. The third-order valence-electron chi connectivity index (χ3n) is 4.50. The molecule has 8 heteroatoms. The Hall–Kier alpha value is -2.51. The summed E-state index contributed by atoms with van der Waals surface area (Å²) in [5, 5.41) is 0.681. The summed E-state index contributed by atoms with van der Waals surface area (Å²) in [6.07, 6.45) is -0.740. The minimum atomic E-state index is -4.35. The number of alkyl halides is 3. The highest BCUT2D eigenvalue weighted by Gasteiger charge is 2.30. The Bertz CT molecular complexity index is 925. The molecule has 154 valence electrons. The van der Waals surface area contributed by atoms with Gasteiger partial charge in [-0.25, -0.2) is 4.98 Å². The van der Waals surface area contributed by atoms with Crippen molar-refractivity contribution < 1.29 is 17.9 Å². The number of hydrogen-bond donors (Lipinski definition) is 0. The van der Waals surface area contributed by atoms with Gasteiger partial charge in [-0.3, -0.25) is 4.90 Å². The molecule has 0 atom stereocenters. The molecule has 0 aliphatic heterocycles. The molecule has 0 N–H and O–H groups in total. The van der Waals surface area contributed by atoms with Crippen LogP contribution in [0.1, 0.15) is 17.0 Å². The Morgan fingerprint density at radius 3 is 2.41 bits per heavy atom. The van der Waals surface area contributed by atoms with E-state index in [0.717, 1.165) is 23.5 Å². The van der Waals surface area contributed by atoms with E-state index in [0.29, 0.717) is 37.0 Å². The largest absolute Gasteiger partial charge is 0.492 e. The van der Waals surface area contributed by atoms with Crippen molar-refractivity contribution in [2.45, 2.75) is 19.3 Å². The fourth-order valence-corrected chi connectivity index (χ4v) is 3.06. The van der Waals surface area contributed by atoms with Crippen molar-refractivity contribution in [3.63, 3.8) is 0 Å². The van der Waals surface area contributed by atoms with Crippen molar-refractivity contribution in [1.82, 2.24) is 14.5 Å². The van der Waals surface area contributed by atoms with Crippen LogP contribution < -0.4 is 4.74 Å². The Morgan fingerprint density at radius 2 is 1.79 bits per heavy atom. The van der Waals surface area contributed by atoms with Crippen molar-refractivity contribution in [1.29, 1.82) is 0 Å². The van der Waals surface area contributed by atoms with Crippen LogP contribution in [0.25, 0.3) is 0 Å². The quantitative estimate of drug-likeness (QED) is 0.500. The molecule has 0 radical (unpaired) electrons. The molecule has 0 spiro atoms. The molecule has 1 aromatic heterocycles. The molecule has 0 aliphatic carbocycles. The Labute approximate surface area is 172 Å². The van der Waals surface area contributed by atoms with Crippen LogP contribution in [0.3, 0.4) is 0 Å². The first kappa shape index (κ1) is 21.2. The van der Waals surface area contributed by atoms with Gasteiger partial charge in [-0.15, -0.1) is 0 Å². The molecule has 4 nitrogen and oxygen atoms in total. The van der Waals surface area contributed by atoms with Crippen molar-refractivity contribution in [3.05, 3.63) is 82.9 Å². The molecule has 0 unspecified atom stereocenters. The minimum absolute atomic E-state index is 0.320. The lowest BCUT2D eigenvalue weighted by atomic mass is 10.2. The maximum Gasteiger partial charge on any atom is 0.416 e. The lowest BCUT2D eigenvalue weighted by Crippen LogP contribution is -2.29. The van der Waals surface area contributed by atoms with Gasteiger partial charge in [-0.2, -0.15) is 13.2 Å². The monoisotopic (exact) mass is 423 g/mol. The van der Waals surface area contributed by atoms with Gasteiger partial charge in [0, 0.05) is 37.6 Å². The van der Waals surface area contributed by atoms with Gasteiger partial charge in [0.15, 0.2) is 0 Å². The number of aromatic nitrogens is 2. The topological polar surface area (TPSA) is 30.3 Å². The van der Waals surface area contributed by atoms with Crippen molar-refractivity contribution in [3.8, 4) is 5.75 Å². The average molecular weight is 424 g/mol. The molecule has 0 aliphatic rings. The number of rotatable bonds is 8. The predicted molar refractivity (Wildman–Crippen MR) is 106 cm³/mol. The molecule has 1 heterocycles. The number of ether oxygens (including phenoxy) is 1. The van der Waals surface area contributed by atoms with Crippen LogP contribution in [0.5, 0.6) is 5.75 Å². The molecule has 0 saturated heterocycles. The van der Waals surface area contributed by atoms with E-state index in [2.05, 4.69) is 9.88 Å². The third kappa shape index (κ3) is 5.98. The van der Waals surface area contributed by atoms with Crippen LogP contribution >= 0.6 is 11.6 Å². The van der Waals surface area contributed by atoms with Crippen LogP contribution in [-0.4, -0.2) is 27.6 Å². The van der Waals surface area contributed by atoms with E-state index in [4.69, 9.17) is 16.3 Å². The number of aryl methyl sites for hydroxylation is 1. The SMILES string of the molecule is Cn1ccnc1CN(CCOc1ccc(C(F)(F)F)cc1)Cc1ccccc1Cl. The van der Waals surface area contributed by atoms with Crippen LogP contribution in [0.15, 0.2) is 60.9 Å². The Kier molecular flexibility index (Phi) is 6.82. The molecule has 0 fully saturated rings. The van der Waals surface area contributed by atoms with E-state index in [1.54, 1.807) is 6.20 Å². The summed E-state index contributed by atoms with van der Waals surface area (Å²) in [5.41, 5.74) is 0.290. The van der Waals surface area contributed by atoms with Gasteiger partial charge >= 0.3 is 6.18 Å². The Morgan fingerprint density at radius 1 is 1.07 bits per heavy atom. The van der Waals surface area contributed by atoms with E-state index in [1.165, 1.54) is 12.1 Å². The zero-order chi connectivity index (χ0) is 20.9. The molecule has 3 aromatic rings. The van der Waals surface area contributed by atoms with Crippen molar-refractivity contribution in [2.24, 2.45) is 7.05 Å². The van der Waals surface area contributed by atoms with E-state index >= 15 is 0 Å². The zero-order valence-electron chi connectivity index (χ0n) is 15.9. The second kappa shape index (κ2) is 9.33. The lowest BCUT2D eigenvalue weighted by molar-refractivity contribution is -0.137. The second-order valence-electron chi connectivity index (χ2n) is 6.63. The summed E-state index contributed by atoms with van der Waals surface area (Å²) in [4.78, 5) is 6.49. The first-order valence-corrected chi connectivity index (χ1v) is 9.43. The smallest absolute Gasteiger partial charge is 0.416 e. The average Bonchev–Trinajstić information content (AvgIpc) is 3.08. The fourth-order valence-electron chi connectivity index (χ4n) is 2.86. The van der Waals surface area contributed by atoms with Crippen LogP contribution in [0.2, 0.25) is 5.02 Å². The van der Waals surface area contributed by atoms with Crippen LogP contribution in [-0.2, 0) is 26.3 Å². The molecular formula is C21H21ClF3N3O. The van der Waals surface area contributed by atoms with Gasteiger partial charge in [0.25, 0.3) is 0 Å². The number of halogens is 4. The van der Waals surface area contributed by atoms with Gasteiger partial charge in [-0.05, 0) is 35.9 Å². The van der Waals surface area contributed by atoms with Gasteiger partial charge in [0.2, 0.25) is 0 Å². The molecular weight excluding hydrogens is 403 g/mol. The number of hydrogen-bond acceptors (Lipinski definition) is 3. The van der Waals surface area contributed by atoms with Crippen molar-refractivity contribution >= 4 is 11.6 Å². The highest BCUT2D eigenvalue weighted by atomic mass is 35.5. The predicted octanol–water partition coefficient (Wildman–Crippen LogP) is 5.17. The van der Waals surface area contributed by atoms with E-state index in [1.807, 2.05) is 42.1 Å². The van der Waals surface area contributed by atoms with E-state index in [9.17, 15) is 13.2 Å². The first-order chi connectivity index (χ1) is 13.8. The Balaban J connectivity index is 1.63. The molecule has 0 bridgehead atoms. The number of benzene rings is 2. The normalized spacial score (nSPS) is 11.8. The number of nitrogens with zero attached hydrogens (tertiary/aromatic N) is 3. The fraction of sp³-hybridized carbons (Fsp3) is 0.286. The number of imidazole rings is 1.